The monoisotopic (exact) mass is 266 g/mol. The van der Waals surface area contributed by atoms with Gasteiger partial charge in [0.05, 0.1) is 6.42 Å². The highest BCUT2D eigenvalue weighted by Crippen LogP contribution is 2.17. The van der Waals surface area contributed by atoms with Crippen LogP contribution >= 0.6 is 0 Å². The Balaban J connectivity index is 1.93. The van der Waals surface area contributed by atoms with Gasteiger partial charge < -0.3 is 0 Å². The molecule has 0 bridgehead atoms. The molecule has 0 radical (unpaired) electrons. The Morgan fingerprint density at radius 1 is 0.900 bits per heavy atom. The molecule has 0 saturated carbocycles. The molecule has 0 aliphatic carbocycles. The third kappa shape index (κ3) is 3.89. The third-order valence-electron chi connectivity index (χ3n) is 3.40. The summed E-state index contributed by atoms with van der Waals surface area (Å²) < 4.78 is 0. The Morgan fingerprint density at radius 2 is 1.45 bits per heavy atom. The number of hydrogen-bond acceptors (Lipinski definition) is 2. The number of rotatable bonds is 6. The van der Waals surface area contributed by atoms with Crippen molar-refractivity contribution in [1.82, 2.24) is 0 Å². The topological polar surface area (TPSA) is 34.1 Å². The third-order valence-corrected chi connectivity index (χ3v) is 3.40. The summed E-state index contributed by atoms with van der Waals surface area (Å²) in [6.07, 6.45) is 0.332. The zero-order valence-electron chi connectivity index (χ0n) is 11.6. The first-order valence-electron chi connectivity index (χ1n) is 6.80. The van der Waals surface area contributed by atoms with E-state index in [1.807, 2.05) is 67.6 Å². The summed E-state index contributed by atoms with van der Waals surface area (Å²) in [5.41, 5.74) is 1.92. The molecule has 0 amide bonds. The summed E-state index contributed by atoms with van der Waals surface area (Å²) in [6, 6.07) is 19.1. The maximum atomic E-state index is 12.1. The fraction of sp³-hybridized carbons (Fsp3) is 0.222. The van der Waals surface area contributed by atoms with Crippen molar-refractivity contribution in [3.63, 3.8) is 0 Å². The quantitative estimate of drug-likeness (QED) is 0.749. The molecule has 2 nitrogen and oxygen atoms in total. The maximum absolute atomic E-state index is 12.1. The van der Waals surface area contributed by atoms with E-state index in [-0.39, 0.29) is 23.9 Å². The van der Waals surface area contributed by atoms with E-state index >= 15 is 0 Å². The van der Waals surface area contributed by atoms with Gasteiger partial charge in [-0.05, 0) is 11.1 Å². The van der Waals surface area contributed by atoms with Gasteiger partial charge in [-0.1, -0.05) is 67.6 Å². The molecule has 20 heavy (non-hydrogen) atoms. The lowest BCUT2D eigenvalue weighted by Crippen LogP contribution is -2.15. The molecule has 1 atom stereocenters. The van der Waals surface area contributed by atoms with Gasteiger partial charge in [-0.15, -0.1) is 0 Å². The van der Waals surface area contributed by atoms with Gasteiger partial charge in [0.15, 0.2) is 0 Å². The van der Waals surface area contributed by atoms with Gasteiger partial charge >= 0.3 is 0 Å². The zero-order valence-corrected chi connectivity index (χ0v) is 11.6. The first kappa shape index (κ1) is 14.2. The first-order valence-corrected chi connectivity index (χ1v) is 6.80. The first-order chi connectivity index (χ1) is 9.66. The van der Waals surface area contributed by atoms with Crippen molar-refractivity contribution in [2.75, 3.05) is 0 Å². The molecule has 2 aromatic carbocycles. The van der Waals surface area contributed by atoms with Gasteiger partial charge in [-0.3, -0.25) is 9.59 Å². The Bertz CT molecular complexity index is 573. The average molecular weight is 266 g/mol. The molecule has 0 heterocycles. The van der Waals surface area contributed by atoms with Crippen LogP contribution in [0.4, 0.5) is 0 Å². The van der Waals surface area contributed by atoms with Crippen LogP contribution in [-0.4, -0.2) is 11.6 Å². The van der Waals surface area contributed by atoms with Crippen molar-refractivity contribution in [3.8, 4) is 0 Å². The number of carbonyl (C=O) groups is 2. The van der Waals surface area contributed by atoms with E-state index in [9.17, 15) is 9.59 Å². The number of hydrogen-bond donors (Lipinski definition) is 0. The maximum Gasteiger partial charge on any atom is 0.147 e. The van der Waals surface area contributed by atoms with E-state index in [1.54, 1.807) is 0 Å². The van der Waals surface area contributed by atoms with Crippen LogP contribution in [0.3, 0.4) is 0 Å². The van der Waals surface area contributed by atoms with Crippen LogP contribution in [0, 0.1) is 0 Å². The van der Waals surface area contributed by atoms with Crippen LogP contribution in [0.25, 0.3) is 0 Å². The van der Waals surface area contributed by atoms with Crippen molar-refractivity contribution < 1.29 is 9.59 Å². The number of ketones is 2. The molecular formula is C18H18O2. The second-order valence-corrected chi connectivity index (χ2v) is 4.98. The normalized spacial score (nSPS) is 11.8. The van der Waals surface area contributed by atoms with E-state index in [0.29, 0.717) is 6.42 Å². The van der Waals surface area contributed by atoms with E-state index in [1.165, 1.54) is 0 Å². The van der Waals surface area contributed by atoms with Crippen molar-refractivity contribution in [3.05, 3.63) is 71.8 Å². The Kier molecular flexibility index (Phi) is 4.83. The number of benzene rings is 2. The second kappa shape index (κ2) is 6.80. The van der Waals surface area contributed by atoms with Crippen LogP contribution in [0.1, 0.15) is 30.4 Å². The Labute approximate surface area is 119 Å². The molecule has 0 spiro atoms. The second-order valence-electron chi connectivity index (χ2n) is 4.98. The largest absolute Gasteiger partial charge is 0.299 e. The standard InChI is InChI=1S/C18H18O2/c1-14(16-10-6-3-7-11-16)18(20)13-17(19)12-15-8-4-2-5-9-15/h2-11,14H,12-13H2,1H3. The van der Waals surface area contributed by atoms with Gasteiger partial charge in [0, 0.05) is 12.3 Å². The molecule has 2 rings (SSSR count). The summed E-state index contributed by atoms with van der Waals surface area (Å²) in [4.78, 5) is 24.1. The van der Waals surface area contributed by atoms with Crippen LogP contribution in [0.2, 0.25) is 0 Å². The van der Waals surface area contributed by atoms with Gasteiger partial charge in [0.25, 0.3) is 0 Å². The molecule has 0 aromatic heterocycles. The highest BCUT2D eigenvalue weighted by atomic mass is 16.1. The molecule has 2 aromatic rings. The smallest absolute Gasteiger partial charge is 0.147 e. The van der Waals surface area contributed by atoms with Crippen molar-refractivity contribution >= 4 is 11.6 Å². The lowest BCUT2D eigenvalue weighted by molar-refractivity contribution is -0.127. The summed E-state index contributed by atoms with van der Waals surface area (Å²) in [7, 11) is 0. The number of Topliss-reactive ketones (excluding diaryl/α,β-unsaturated/α-hetero) is 2. The van der Waals surface area contributed by atoms with E-state index in [2.05, 4.69) is 0 Å². The molecule has 102 valence electrons. The molecule has 0 fully saturated rings. The lowest BCUT2D eigenvalue weighted by Gasteiger charge is -2.10. The van der Waals surface area contributed by atoms with Gasteiger partial charge in [-0.2, -0.15) is 0 Å². The van der Waals surface area contributed by atoms with Crippen LogP contribution in [0.15, 0.2) is 60.7 Å². The fourth-order valence-electron chi connectivity index (χ4n) is 2.16. The van der Waals surface area contributed by atoms with Crippen molar-refractivity contribution in [2.24, 2.45) is 0 Å². The molecule has 1 unspecified atom stereocenters. The van der Waals surface area contributed by atoms with Gasteiger partial charge in [-0.25, -0.2) is 0 Å². The Hall–Kier alpha value is -2.22. The van der Waals surface area contributed by atoms with Crippen LogP contribution < -0.4 is 0 Å². The minimum atomic E-state index is -0.226. The number of carbonyl (C=O) groups excluding carboxylic acids is 2. The fourth-order valence-corrected chi connectivity index (χ4v) is 2.16. The average Bonchev–Trinajstić information content (AvgIpc) is 2.48. The van der Waals surface area contributed by atoms with Gasteiger partial charge in [0.1, 0.15) is 11.6 Å². The summed E-state index contributed by atoms with van der Waals surface area (Å²) in [5.74, 6) is -0.267. The van der Waals surface area contributed by atoms with Crippen molar-refractivity contribution in [1.29, 1.82) is 0 Å². The Morgan fingerprint density at radius 3 is 2.05 bits per heavy atom. The zero-order chi connectivity index (χ0) is 14.4. The van der Waals surface area contributed by atoms with E-state index in [4.69, 9.17) is 0 Å². The summed E-state index contributed by atoms with van der Waals surface area (Å²) >= 11 is 0. The predicted molar refractivity (Wildman–Crippen MR) is 79.6 cm³/mol. The molecule has 0 aliphatic heterocycles. The predicted octanol–water partition coefficient (Wildman–Crippen LogP) is 3.56. The molecule has 0 N–H and O–H groups in total. The summed E-state index contributed by atoms with van der Waals surface area (Å²) in [6.45, 7) is 1.85. The minimum absolute atomic E-state index is 0.00492. The molecule has 0 aliphatic rings. The molecular weight excluding hydrogens is 248 g/mol. The minimum Gasteiger partial charge on any atom is -0.299 e. The van der Waals surface area contributed by atoms with Crippen LogP contribution in [0.5, 0.6) is 0 Å². The molecule has 0 saturated heterocycles. The van der Waals surface area contributed by atoms with Gasteiger partial charge in [0.2, 0.25) is 0 Å². The lowest BCUT2D eigenvalue weighted by atomic mass is 9.93. The highest BCUT2D eigenvalue weighted by Gasteiger charge is 2.18. The SMILES string of the molecule is CC(C(=O)CC(=O)Cc1ccccc1)c1ccccc1. The van der Waals surface area contributed by atoms with E-state index < -0.39 is 0 Å². The highest BCUT2D eigenvalue weighted by molar-refractivity contribution is 6.02. The van der Waals surface area contributed by atoms with Crippen molar-refractivity contribution in [2.45, 2.75) is 25.7 Å². The molecule has 2 heteroatoms. The summed E-state index contributed by atoms with van der Waals surface area (Å²) in [5, 5.41) is 0. The van der Waals surface area contributed by atoms with E-state index in [0.717, 1.165) is 11.1 Å². The van der Waals surface area contributed by atoms with Crippen LogP contribution in [-0.2, 0) is 16.0 Å².